The van der Waals surface area contributed by atoms with Gasteiger partial charge in [0.05, 0.1) is 12.1 Å². The summed E-state index contributed by atoms with van der Waals surface area (Å²) < 4.78 is 5.09. The fraction of sp³-hybridized carbons (Fsp3) is 0.462. The Labute approximate surface area is 119 Å². The number of ether oxygens (including phenoxy) is 1. The predicted octanol–water partition coefficient (Wildman–Crippen LogP) is 3.82. The molecule has 18 heavy (non-hydrogen) atoms. The first kappa shape index (κ1) is 15.1. The molecule has 1 aromatic carbocycles. The van der Waals surface area contributed by atoms with E-state index in [0.29, 0.717) is 15.9 Å². The Morgan fingerprint density at radius 3 is 2.61 bits per heavy atom. The lowest BCUT2D eigenvalue weighted by Crippen LogP contribution is -2.44. The van der Waals surface area contributed by atoms with Gasteiger partial charge in [-0.05, 0) is 50.7 Å². The zero-order valence-corrected chi connectivity index (χ0v) is 12.7. The van der Waals surface area contributed by atoms with Gasteiger partial charge in [-0.2, -0.15) is 0 Å². The summed E-state index contributed by atoms with van der Waals surface area (Å²) in [5.41, 5.74) is 0.811. The molecule has 0 aliphatic carbocycles. The third kappa shape index (κ3) is 4.35. The monoisotopic (exact) mass is 286 g/mol. The topological polar surface area (TPSA) is 33.3 Å². The Bertz CT molecular complexity index is 435. The average molecular weight is 287 g/mol. The largest absolute Gasteiger partial charge is 0.495 e. The van der Waals surface area contributed by atoms with Gasteiger partial charge in [0.2, 0.25) is 0 Å². The van der Waals surface area contributed by atoms with Crippen molar-refractivity contribution >= 4 is 34.6 Å². The van der Waals surface area contributed by atoms with Crippen LogP contribution in [0.1, 0.15) is 27.2 Å². The summed E-state index contributed by atoms with van der Waals surface area (Å²) in [6.07, 6.45) is 0.984. The van der Waals surface area contributed by atoms with Crippen molar-refractivity contribution in [2.75, 3.05) is 12.4 Å². The number of benzene rings is 1. The average Bonchev–Trinajstić information content (AvgIpc) is 2.28. The number of thiocarbonyl (C=S) groups is 1. The Hall–Kier alpha value is -1.00. The molecule has 0 atom stereocenters. The van der Waals surface area contributed by atoms with Gasteiger partial charge in [-0.3, -0.25) is 0 Å². The molecule has 0 aliphatic heterocycles. The molecule has 5 heteroatoms. The first-order valence-corrected chi connectivity index (χ1v) is 6.59. The van der Waals surface area contributed by atoms with E-state index in [-0.39, 0.29) is 5.54 Å². The third-order valence-electron chi connectivity index (χ3n) is 2.75. The van der Waals surface area contributed by atoms with Crippen molar-refractivity contribution in [2.45, 2.75) is 32.7 Å². The summed E-state index contributed by atoms with van der Waals surface area (Å²) in [5.74, 6) is 0.648. The van der Waals surface area contributed by atoms with Crippen LogP contribution in [0.4, 0.5) is 5.69 Å². The van der Waals surface area contributed by atoms with Crippen molar-refractivity contribution in [1.29, 1.82) is 0 Å². The van der Waals surface area contributed by atoms with E-state index >= 15 is 0 Å². The lowest BCUT2D eigenvalue weighted by atomic mass is 10.0. The van der Waals surface area contributed by atoms with Crippen LogP contribution >= 0.6 is 23.8 Å². The Kier molecular flexibility index (Phi) is 5.23. The molecule has 0 bridgehead atoms. The quantitative estimate of drug-likeness (QED) is 0.825. The van der Waals surface area contributed by atoms with Gasteiger partial charge in [-0.25, -0.2) is 0 Å². The molecule has 0 spiro atoms. The second-order valence-corrected chi connectivity index (χ2v) is 5.48. The number of nitrogens with one attached hydrogen (secondary N) is 2. The summed E-state index contributed by atoms with van der Waals surface area (Å²) in [6.45, 7) is 6.31. The van der Waals surface area contributed by atoms with E-state index in [2.05, 4.69) is 31.4 Å². The molecule has 0 unspecified atom stereocenters. The molecule has 0 aliphatic rings. The highest BCUT2D eigenvalue weighted by Crippen LogP contribution is 2.27. The normalized spacial score (nSPS) is 10.9. The minimum absolute atomic E-state index is 0.0274. The molecule has 0 fully saturated rings. The summed E-state index contributed by atoms with van der Waals surface area (Å²) in [4.78, 5) is 0. The van der Waals surface area contributed by atoms with E-state index in [9.17, 15) is 0 Å². The highest BCUT2D eigenvalue weighted by molar-refractivity contribution is 7.80. The van der Waals surface area contributed by atoms with E-state index < -0.39 is 0 Å². The highest BCUT2D eigenvalue weighted by Gasteiger charge is 2.15. The fourth-order valence-electron chi connectivity index (χ4n) is 1.30. The molecule has 0 saturated carbocycles. The maximum atomic E-state index is 6.04. The molecule has 0 aromatic heterocycles. The maximum absolute atomic E-state index is 6.04. The number of hydrogen-bond donors (Lipinski definition) is 2. The summed E-state index contributed by atoms with van der Waals surface area (Å²) in [7, 11) is 1.59. The van der Waals surface area contributed by atoms with Crippen LogP contribution in [0.25, 0.3) is 0 Å². The summed E-state index contributed by atoms with van der Waals surface area (Å²) in [5, 5.41) is 7.50. The molecule has 100 valence electrons. The second kappa shape index (κ2) is 6.25. The van der Waals surface area contributed by atoms with E-state index in [4.69, 9.17) is 28.6 Å². The van der Waals surface area contributed by atoms with Gasteiger partial charge >= 0.3 is 0 Å². The van der Waals surface area contributed by atoms with Crippen LogP contribution in [-0.2, 0) is 0 Å². The molecule has 0 saturated heterocycles. The number of methoxy groups -OCH3 is 1. The van der Waals surface area contributed by atoms with Crippen LogP contribution in [0.2, 0.25) is 5.02 Å². The Morgan fingerprint density at radius 2 is 2.11 bits per heavy atom. The summed E-state index contributed by atoms with van der Waals surface area (Å²) >= 11 is 11.3. The molecule has 1 aromatic rings. The van der Waals surface area contributed by atoms with Crippen LogP contribution < -0.4 is 15.4 Å². The molecule has 0 amide bonds. The van der Waals surface area contributed by atoms with E-state index in [0.717, 1.165) is 12.1 Å². The second-order valence-electron chi connectivity index (χ2n) is 4.67. The van der Waals surface area contributed by atoms with Gasteiger partial charge < -0.3 is 15.4 Å². The van der Waals surface area contributed by atoms with Crippen molar-refractivity contribution < 1.29 is 4.74 Å². The SMILES string of the molecule is CCC(C)(C)NC(=S)Nc1ccc(OC)c(Cl)c1. The molecule has 0 radical (unpaired) electrons. The van der Waals surface area contributed by atoms with E-state index in [1.807, 2.05) is 6.07 Å². The van der Waals surface area contributed by atoms with Gasteiger partial charge in [-0.15, -0.1) is 0 Å². The van der Waals surface area contributed by atoms with Crippen molar-refractivity contribution in [3.63, 3.8) is 0 Å². The molecule has 1 rings (SSSR count). The van der Waals surface area contributed by atoms with E-state index in [1.165, 1.54) is 0 Å². The van der Waals surface area contributed by atoms with Gasteiger partial charge in [0.1, 0.15) is 5.75 Å². The predicted molar refractivity (Wildman–Crippen MR) is 81.7 cm³/mol. The van der Waals surface area contributed by atoms with Gasteiger partial charge in [0.15, 0.2) is 5.11 Å². The Balaban J connectivity index is 2.68. The lowest BCUT2D eigenvalue weighted by molar-refractivity contribution is 0.415. The first-order valence-electron chi connectivity index (χ1n) is 5.80. The summed E-state index contributed by atoms with van der Waals surface area (Å²) in [6, 6.07) is 5.46. The zero-order chi connectivity index (χ0) is 13.8. The van der Waals surface area contributed by atoms with Crippen molar-refractivity contribution in [1.82, 2.24) is 5.32 Å². The van der Waals surface area contributed by atoms with Crippen LogP contribution in [0.5, 0.6) is 5.75 Å². The zero-order valence-electron chi connectivity index (χ0n) is 11.1. The molecule has 2 N–H and O–H groups in total. The van der Waals surface area contributed by atoms with E-state index in [1.54, 1.807) is 19.2 Å². The number of anilines is 1. The number of halogens is 1. The van der Waals surface area contributed by atoms with Crippen LogP contribution in [-0.4, -0.2) is 17.8 Å². The van der Waals surface area contributed by atoms with Crippen LogP contribution in [0.3, 0.4) is 0 Å². The van der Waals surface area contributed by atoms with Gasteiger partial charge in [0, 0.05) is 11.2 Å². The standard InChI is InChI=1S/C13H19ClN2OS/c1-5-13(2,3)16-12(18)15-9-6-7-11(17-4)10(14)8-9/h6-8H,5H2,1-4H3,(H2,15,16,18). The number of rotatable bonds is 4. The Morgan fingerprint density at radius 1 is 1.44 bits per heavy atom. The molecular formula is C13H19ClN2OS. The fourth-order valence-corrected chi connectivity index (χ4v) is 1.95. The van der Waals surface area contributed by atoms with Crippen LogP contribution in [0.15, 0.2) is 18.2 Å². The highest BCUT2D eigenvalue weighted by atomic mass is 35.5. The van der Waals surface area contributed by atoms with Crippen molar-refractivity contribution in [3.8, 4) is 5.75 Å². The van der Waals surface area contributed by atoms with Gasteiger partial charge in [0.25, 0.3) is 0 Å². The van der Waals surface area contributed by atoms with Crippen molar-refractivity contribution in [3.05, 3.63) is 23.2 Å². The third-order valence-corrected chi connectivity index (χ3v) is 3.24. The number of hydrogen-bond acceptors (Lipinski definition) is 2. The molecule has 0 heterocycles. The van der Waals surface area contributed by atoms with Gasteiger partial charge in [-0.1, -0.05) is 18.5 Å². The van der Waals surface area contributed by atoms with Crippen LogP contribution in [0, 0.1) is 0 Å². The molecule has 3 nitrogen and oxygen atoms in total. The van der Waals surface area contributed by atoms with Crippen molar-refractivity contribution in [2.24, 2.45) is 0 Å². The molecular weight excluding hydrogens is 268 g/mol. The maximum Gasteiger partial charge on any atom is 0.171 e. The minimum atomic E-state index is -0.0274. The minimum Gasteiger partial charge on any atom is -0.495 e. The first-order chi connectivity index (χ1) is 8.38. The smallest absolute Gasteiger partial charge is 0.171 e. The lowest BCUT2D eigenvalue weighted by Gasteiger charge is -2.26.